The van der Waals surface area contributed by atoms with Gasteiger partial charge in [0, 0.05) is 19.1 Å². The first-order chi connectivity index (χ1) is 7.32. The highest BCUT2D eigenvalue weighted by Gasteiger charge is 2.27. The van der Waals surface area contributed by atoms with Crippen LogP contribution in [0.5, 0.6) is 0 Å². The standard InChI is InChI=1S/C12H27N3O/c1-6-7-14-11(16)9-15(5)10(8-13)12(2,3)4/h10H,6-9,13H2,1-5H3,(H,14,16). The zero-order chi connectivity index (χ0) is 12.8. The van der Waals surface area contributed by atoms with Gasteiger partial charge in [-0.1, -0.05) is 27.7 Å². The van der Waals surface area contributed by atoms with Crippen molar-refractivity contribution in [2.24, 2.45) is 11.1 Å². The first kappa shape index (κ1) is 15.4. The van der Waals surface area contributed by atoms with E-state index in [1.165, 1.54) is 0 Å². The zero-order valence-corrected chi connectivity index (χ0v) is 11.3. The molecule has 0 aromatic rings. The fourth-order valence-electron chi connectivity index (χ4n) is 1.85. The Morgan fingerprint density at radius 1 is 1.44 bits per heavy atom. The Hall–Kier alpha value is -0.610. The highest BCUT2D eigenvalue weighted by Crippen LogP contribution is 2.22. The van der Waals surface area contributed by atoms with Gasteiger partial charge in [-0.25, -0.2) is 0 Å². The minimum absolute atomic E-state index is 0.0760. The summed E-state index contributed by atoms with van der Waals surface area (Å²) in [5, 5.41) is 2.87. The number of amides is 1. The van der Waals surface area contributed by atoms with Gasteiger partial charge in [-0.05, 0) is 18.9 Å². The summed E-state index contributed by atoms with van der Waals surface area (Å²) in [7, 11) is 1.95. The molecule has 4 heteroatoms. The van der Waals surface area contributed by atoms with Crippen molar-refractivity contribution in [1.29, 1.82) is 0 Å². The summed E-state index contributed by atoms with van der Waals surface area (Å²) in [5.41, 5.74) is 5.85. The second-order valence-electron chi connectivity index (χ2n) is 5.38. The summed E-state index contributed by atoms with van der Waals surface area (Å²) in [4.78, 5) is 13.6. The fraction of sp³-hybridized carbons (Fsp3) is 0.917. The summed E-state index contributed by atoms with van der Waals surface area (Å²) < 4.78 is 0. The third-order valence-corrected chi connectivity index (χ3v) is 2.72. The van der Waals surface area contributed by atoms with Crippen molar-refractivity contribution < 1.29 is 4.79 Å². The third-order valence-electron chi connectivity index (χ3n) is 2.72. The first-order valence-corrected chi connectivity index (χ1v) is 6.00. The number of hydrogen-bond acceptors (Lipinski definition) is 3. The number of rotatable bonds is 6. The molecule has 4 nitrogen and oxygen atoms in total. The van der Waals surface area contributed by atoms with Gasteiger partial charge in [-0.2, -0.15) is 0 Å². The number of nitrogens with one attached hydrogen (secondary N) is 1. The summed E-state index contributed by atoms with van der Waals surface area (Å²) >= 11 is 0. The van der Waals surface area contributed by atoms with Crippen LogP contribution in [0.25, 0.3) is 0 Å². The van der Waals surface area contributed by atoms with E-state index in [2.05, 4.69) is 26.1 Å². The van der Waals surface area contributed by atoms with E-state index in [1.807, 2.05) is 18.9 Å². The second-order valence-corrected chi connectivity index (χ2v) is 5.38. The zero-order valence-electron chi connectivity index (χ0n) is 11.3. The van der Waals surface area contributed by atoms with Gasteiger partial charge in [0.25, 0.3) is 0 Å². The molecule has 1 unspecified atom stereocenters. The molecule has 96 valence electrons. The normalized spacial score (nSPS) is 13.9. The quantitative estimate of drug-likeness (QED) is 0.709. The van der Waals surface area contributed by atoms with Crippen LogP contribution in [0.3, 0.4) is 0 Å². The van der Waals surface area contributed by atoms with E-state index in [0.717, 1.165) is 13.0 Å². The number of likely N-dealkylation sites (N-methyl/N-ethyl adjacent to an activating group) is 1. The van der Waals surface area contributed by atoms with Gasteiger partial charge in [-0.3, -0.25) is 9.69 Å². The summed E-state index contributed by atoms with van der Waals surface area (Å²) in [6.07, 6.45) is 0.967. The molecule has 0 rings (SSSR count). The van der Waals surface area contributed by atoms with Crippen LogP contribution in [-0.4, -0.2) is 43.5 Å². The maximum atomic E-state index is 11.6. The molecular formula is C12H27N3O. The minimum atomic E-state index is 0.0760. The van der Waals surface area contributed by atoms with Gasteiger partial charge in [0.05, 0.1) is 6.54 Å². The molecule has 0 radical (unpaired) electrons. The minimum Gasteiger partial charge on any atom is -0.355 e. The summed E-state index contributed by atoms with van der Waals surface area (Å²) in [5.74, 6) is 0.0760. The van der Waals surface area contributed by atoms with E-state index in [4.69, 9.17) is 5.73 Å². The SMILES string of the molecule is CCCNC(=O)CN(C)C(CN)C(C)(C)C. The summed E-state index contributed by atoms with van der Waals surface area (Å²) in [6, 6.07) is 0.222. The number of nitrogens with zero attached hydrogens (tertiary/aromatic N) is 1. The van der Waals surface area contributed by atoms with Gasteiger partial charge in [-0.15, -0.1) is 0 Å². The molecule has 0 bridgehead atoms. The van der Waals surface area contributed by atoms with Crippen LogP contribution in [0.1, 0.15) is 34.1 Å². The molecule has 3 N–H and O–H groups in total. The molecule has 0 saturated carbocycles. The highest BCUT2D eigenvalue weighted by molar-refractivity contribution is 5.77. The van der Waals surface area contributed by atoms with E-state index in [-0.39, 0.29) is 17.4 Å². The maximum absolute atomic E-state index is 11.6. The van der Waals surface area contributed by atoms with Crippen LogP contribution >= 0.6 is 0 Å². The van der Waals surface area contributed by atoms with Crippen LogP contribution < -0.4 is 11.1 Å². The lowest BCUT2D eigenvalue weighted by Crippen LogP contribution is -2.50. The Morgan fingerprint density at radius 2 is 2.00 bits per heavy atom. The van der Waals surface area contributed by atoms with Crippen LogP contribution in [-0.2, 0) is 4.79 Å². The average molecular weight is 229 g/mol. The molecule has 0 saturated heterocycles. The molecule has 1 atom stereocenters. The Balaban J connectivity index is 4.21. The monoisotopic (exact) mass is 229 g/mol. The van der Waals surface area contributed by atoms with Crippen LogP contribution in [0.4, 0.5) is 0 Å². The van der Waals surface area contributed by atoms with Crippen molar-refractivity contribution in [3.63, 3.8) is 0 Å². The van der Waals surface area contributed by atoms with Crippen molar-refractivity contribution in [2.45, 2.75) is 40.2 Å². The smallest absolute Gasteiger partial charge is 0.234 e. The van der Waals surface area contributed by atoms with Gasteiger partial charge < -0.3 is 11.1 Å². The molecule has 0 heterocycles. The lowest BCUT2D eigenvalue weighted by atomic mass is 9.86. The second kappa shape index (κ2) is 6.86. The largest absolute Gasteiger partial charge is 0.355 e. The Kier molecular flexibility index (Phi) is 6.60. The topological polar surface area (TPSA) is 58.4 Å². The van der Waals surface area contributed by atoms with Crippen LogP contribution in [0.2, 0.25) is 0 Å². The molecule has 0 aliphatic heterocycles. The fourth-order valence-corrected chi connectivity index (χ4v) is 1.85. The number of nitrogens with two attached hydrogens (primary N) is 1. The molecule has 0 aromatic carbocycles. The highest BCUT2D eigenvalue weighted by atomic mass is 16.2. The molecule has 0 fully saturated rings. The van der Waals surface area contributed by atoms with Crippen LogP contribution in [0, 0.1) is 5.41 Å². The molecule has 16 heavy (non-hydrogen) atoms. The number of carbonyl (C=O) groups is 1. The molecule has 0 aliphatic carbocycles. The lowest BCUT2D eigenvalue weighted by molar-refractivity contribution is -0.122. The average Bonchev–Trinajstić information content (AvgIpc) is 2.13. The molecular weight excluding hydrogens is 202 g/mol. The summed E-state index contributed by atoms with van der Waals surface area (Å²) in [6.45, 7) is 10.2. The van der Waals surface area contributed by atoms with Crippen molar-refractivity contribution in [3.05, 3.63) is 0 Å². The van der Waals surface area contributed by atoms with Gasteiger partial charge in [0.1, 0.15) is 0 Å². The Bertz CT molecular complexity index is 211. The van der Waals surface area contributed by atoms with E-state index < -0.39 is 0 Å². The maximum Gasteiger partial charge on any atom is 0.234 e. The molecule has 1 amide bonds. The van der Waals surface area contributed by atoms with Crippen molar-refractivity contribution >= 4 is 5.91 Å². The predicted molar refractivity (Wildman–Crippen MR) is 68.2 cm³/mol. The number of hydrogen-bond donors (Lipinski definition) is 2. The molecule has 0 spiro atoms. The first-order valence-electron chi connectivity index (χ1n) is 6.00. The van der Waals surface area contributed by atoms with Crippen LogP contribution in [0.15, 0.2) is 0 Å². The number of carbonyl (C=O) groups excluding carboxylic acids is 1. The Labute approximate surface area is 99.6 Å². The molecule has 0 aliphatic rings. The third kappa shape index (κ3) is 5.47. The predicted octanol–water partition coefficient (Wildman–Crippen LogP) is 0.818. The van der Waals surface area contributed by atoms with Gasteiger partial charge in [0.15, 0.2) is 0 Å². The van der Waals surface area contributed by atoms with E-state index in [0.29, 0.717) is 13.1 Å². The van der Waals surface area contributed by atoms with Crippen molar-refractivity contribution in [2.75, 3.05) is 26.7 Å². The van der Waals surface area contributed by atoms with E-state index in [1.54, 1.807) is 0 Å². The van der Waals surface area contributed by atoms with Gasteiger partial charge in [0.2, 0.25) is 5.91 Å². The van der Waals surface area contributed by atoms with E-state index in [9.17, 15) is 4.79 Å². The van der Waals surface area contributed by atoms with Crippen molar-refractivity contribution in [1.82, 2.24) is 10.2 Å². The van der Waals surface area contributed by atoms with E-state index >= 15 is 0 Å². The van der Waals surface area contributed by atoms with Crippen molar-refractivity contribution in [3.8, 4) is 0 Å². The van der Waals surface area contributed by atoms with Gasteiger partial charge >= 0.3 is 0 Å². The Morgan fingerprint density at radius 3 is 2.38 bits per heavy atom. The molecule has 0 aromatic heterocycles. The lowest BCUT2D eigenvalue weighted by Gasteiger charge is -2.36.